The van der Waals surface area contributed by atoms with E-state index >= 15 is 0 Å². The van der Waals surface area contributed by atoms with Crippen LogP contribution in [0.5, 0.6) is 0 Å². The second-order valence-electron chi connectivity index (χ2n) is 7.99. The van der Waals surface area contributed by atoms with Crippen LogP contribution in [0.25, 0.3) is 0 Å². The zero-order valence-corrected chi connectivity index (χ0v) is 15.5. The fourth-order valence-electron chi connectivity index (χ4n) is 4.84. The van der Waals surface area contributed by atoms with Gasteiger partial charge in [-0.2, -0.15) is 0 Å². The smallest absolute Gasteiger partial charge is 0.261 e. The monoisotopic (exact) mass is 372 g/mol. The summed E-state index contributed by atoms with van der Waals surface area (Å²) in [4.78, 5) is 40.3. The Balaban J connectivity index is 1.29. The molecule has 0 spiro atoms. The van der Waals surface area contributed by atoms with E-state index in [2.05, 4.69) is 0 Å². The number of benzene rings is 1. The van der Waals surface area contributed by atoms with Crippen molar-refractivity contribution in [2.24, 2.45) is 11.8 Å². The van der Waals surface area contributed by atoms with Crippen LogP contribution in [0.3, 0.4) is 0 Å². The van der Waals surface area contributed by atoms with Gasteiger partial charge in [-0.3, -0.25) is 19.3 Å². The molecule has 3 amide bonds. The van der Waals surface area contributed by atoms with E-state index in [4.69, 9.17) is 0 Å². The number of carbonyl (C=O) groups is 3. The first kappa shape index (κ1) is 18.1. The van der Waals surface area contributed by atoms with Gasteiger partial charge in [0.15, 0.2) is 0 Å². The lowest BCUT2D eigenvalue weighted by Crippen LogP contribution is -2.44. The normalized spacial score (nSPS) is 24.8. The van der Waals surface area contributed by atoms with Gasteiger partial charge in [0, 0.05) is 26.1 Å². The van der Waals surface area contributed by atoms with Gasteiger partial charge in [0.05, 0.1) is 11.1 Å². The summed E-state index contributed by atoms with van der Waals surface area (Å²) in [5, 5.41) is 0. The maximum absolute atomic E-state index is 13.3. The van der Waals surface area contributed by atoms with Crippen LogP contribution in [0, 0.1) is 17.7 Å². The maximum Gasteiger partial charge on any atom is 0.261 e. The molecular weight excluding hydrogens is 347 g/mol. The van der Waals surface area contributed by atoms with Gasteiger partial charge in [-0.05, 0) is 49.3 Å². The molecule has 2 atom stereocenters. The molecule has 1 aromatic carbocycles. The summed E-state index contributed by atoms with van der Waals surface area (Å²) in [6.45, 7) is 1.88. The lowest BCUT2D eigenvalue weighted by Gasteiger charge is -2.41. The minimum absolute atomic E-state index is 0.113. The maximum atomic E-state index is 13.3. The number of carbonyl (C=O) groups excluding carboxylic acids is 3. The number of piperidine rings is 1. The van der Waals surface area contributed by atoms with Crippen LogP contribution in [0.4, 0.5) is 4.39 Å². The highest BCUT2D eigenvalue weighted by Gasteiger charge is 2.36. The lowest BCUT2D eigenvalue weighted by atomic mass is 9.75. The number of rotatable bonds is 4. The van der Waals surface area contributed by atoms with Crippen LogP contribution < -0.4 is 0 Å². The third-order valence-electron chi connectivity index (χ3n) is 6.35. The van der Waals surface area contributed by atoms with E-state index in [0.717, 1.165) is 36.4 Å². The van der Waals surface area contributed by atoms with E-state index in [1.54, 1.807) is 0 Å². The number of nitrogens with zero attached hydrogens (tertiary/aromatic N) is 2. The topological polar surface area (TPSA) is 57.7 Å². The van der Waals surface area contributed by atoms with Gasteiger partial charge in [0.2, 0.25) is 5.91 Å². The number of fused-ring (bicyclic) bond motifs is 2. The summed E-state index contributed by atoms with van der Waals surface area (Å²) in [5.41, 5.74) is 0.359. The largest absolute Gasteiger partial charge is 0.342 e. The van der Waals surface area contributed by atoms with Crippen LogP contribution in [0.15, 0.2) is 18.2 Å². The fraction of sp³-hybridized carbons (Fsp3) is 0.571. The molecule has 1 saturated heterocycles. The number of imide groups is 1. The Morgan fingerprint density at radius 3 is 2.59 bits per heavy atom. The van der Waals surface area contributed by atoms with Crippen LogP contribution >= 0.6 is 0 Å². The minimum Gasteiger partial charge on any atom is -0.342 e. The zero-order valence-electron chi connectivity index (χ0n) is 15.5. The molecule has 0 N–H and O–H groups in total. The molecule has 0 aromatic heterocycles. The highest BCUT2D eigenvalue weighted by molar-refractivity contribution is 6.21. The Bertz CT molecular complexity index is 779. The molecule has 27 heavy (non-hydrogen) atoms. The third kappa shape index (κ3) is 3.49. The molecule has 0 bridgehead atoms. The van der Waals surface area contributed by atoms with Crippen molar-refractivity contribution < 1.29 is 18.8 Å². The van der Waals surface area contributed by atoms with Gasteiger partial charge in [0.1, 0.15) is 5.82 Å². The molecule has 2 aliphatic heterocycles. The van der Waals surface area contributed by atoms with Crippen molar-refractivity contribution in [3.8, 4) is 0 Å². The summed E-state index contributed by atoms with van der Waals surface area (Å²) in [7, 11) is 0. The first-order valence-electron chi connectivity index (χ1n) is 9.98. The van der Waals surface area contributed by atoms with Crippen LogP contribution in [-0.4, -0.2) is 47.2 Å². The van der Waals surface area contributed by atoms with Crippen molar-refractivity contribution in [2.45, 2.75) is 44.9 Å². The number of hydrogen-bond donors (Lipinski definition) is 0. The number of hydrogen-bond acceptors (Lipinski definition) is 3. The highest BCUT2D eigenvalue weighted by Crippen LogP contribution is 2.36. The van der Waals surface area contributed by atoms with Crippen molar-refractivity contribution in [1.29, 1.82) is 0 Å². The minimum atomic E-state index is -0.530. The van der Waals surface area contributed by atoms with Crippen molar-refractivity contribution in [3.63, 3.8) is 0 Å². The predicted octanol–water partition coefficient (Wildman–Crippen LogP) is 3.24. The van der Waals surface area contributed by atoms with E-state index in [0.29, 0.717) is 18.8 Å². The molecular formula is C21H25FN2O3. The quantitative estimate of drug-likeness (QED) is 0.763. The summed E-state index contributed by atoms with van der Waals surface area (Å²) in [6, 6.07) is 3.64. The molecule has 2 heterocycles. The Labute approximate surface area is 158 Å². The van der Waals surface area contributed by atoms with Gasteiger partial charge < -0.3 is 4.90 Å². The molecule has 2 fully saturated rings. The van der Waals surface area contributed by atoms with E-state index in [1.165, 1.54) is 37.8 Å². The summed E-state index contributed by atoms with van der Waals surface area (Å²) >= 11 is 0. The second kappa shape index (κ2) is 7.41. The zero-order chi connectivity index (χ0) is 19.0. The number of halogens is 1. The van der Waals surface area contributed by atoms with Crippen LogP contribution in [0.1, 0.15) is 65.7 Å². The van der Waals surface area contributed by atoms with E-state index in [9.17, 15) is 18.8 Å². The van der Waals surface area contributed by atoms with Gasteiger partial charge in [0.25, 0.3) is 11.8 Å². The molecule has 2 unspecified atom stereocenters. The summed E-state index contributed by atoms with van der Waals surface area (Å²) < 4.78 is 13.3. The van der Waals surface area contributed by atoms with E-state index in [-0.39, 0.29) is 23.6 Å². The first-order valence-corrected chi connectivity index (χ1v) is 9.98. The average molecular weight is 372 g/mol. The van der Waals surface area contributed by atoms with Crippen molar-refractivity contribution in [2.75, 3.05) is 19.6 Å². The van der Waals surface area contributed by atoms with Gasteiger partial charge in [-0.1, -0.05) is 19.3 Å². The Hall–Kier alpha value is -2.24. The average Bonchev–Trinajstić information content (AvgIpc) is 2.91. The second-order valence-corrected chi connectivity index (χ2v) is 7.99. The molecule has 1 saturated carbocycles. The molecule has 3 aliphatic rings. The molecule has 0 radical (unpaired) electrons. The van der Waals surface area contributed by atoms with Crippen molar-refractivity contribution in [1.82, 2.24) is 9.80 Å². The van der Waals surface area contributed by atoms with Crippen molar-refractivity contribution >= 4 is 17.7 Å². The molecule has 6 heteroatoms. The lowest BCUT2D eigenvalue weighted by molar-refractivity contribution is -0.134. The molecule has 1 aromatic rings. The Kier molecular flexibility index (Phi) is 4.98. The SMILES string of the molecule is O=C(CCCN1C(=O)c2ccc(F)cc2C1=O)N1CCC2CCCCC2C1. The Morgan fingerprint density at radius 2 is 1.78 bits per heavy atom. The number of likely N-dealkylation sites (tertiary alicyclic amines) is 1. The van der Waals surface area contributed by atoms with E-state index < -0.39 is 17.6 Å². The fourth-order valence-corrected chi connectivity index (χ4v) is 4.84. The molecule has 144 valence electrons. The van der Waals surface area contributed by atoms with Crippen molar-refractivity contribution in [3.05, 3.63) is 35.1 Å². The van der Waals surface area contributed by atoms with Gasteiger partial charge in [-0.15, -0.1) is 0 Å². The standard InChI is InChI=1S/C21H25FN2O3/c22-16-7-8-17-18(12-16)21(27)24(20(17)26)10-3-6-19(25)23-11-9-14-4-1-2-5-15(14)13-23/h7-8,12,14-15H,1-6,9-11,13H2. The third-order valence-corrected chi connectivity index (χ3v) is 6.35. The Morgan fingerprint density at radius 1 is 1.04 bits per heavy atom. The first-order chi connectivity index (χ1) is 13.0. The van der Waals surface area contributed by atoms with Gasteiger partial charge >= 0.3 is 0 Å². The predicted molar refractivity (Wildman–Crippen MR) is 97.6 cm³/mol. The summed E-state index contributed by atoms with van der Waals surface area (Å²) in [5.74, 6) is 0.138. The van der Waals surface area contributed by atoms with Crippen LogP contribution in [0.2, 0.25) is 0 Å². The van der Waals surface area contributed by atoms with E-state index in [1.807, 2.05) is 4.90 Å². The molecule has 1 aliphatic carbocycles. The molecule has 5 nitrogen and oxygen atoms in total. The van der Waals surface area contributed by atoms with Gasteiger partial charge in [-0.25, -0.2) is 4.39 Å². The highest BCUT2D eigenvalue weighted by atomic mass is 19.1. The molecule has 4 rings (SSSR count). The number of amides is 3. The van der Waals surface area contributed by atoms with Crippen LogP contribution in [-0.2, 0) is 4.79 Å². The summed E-state index contributed by atoms with van der Waals surface area (Å²) in [6.07, 6.45) is 6.98.